The number of nitrogens with one attached hydrogen (secondary N) is 1. The van der Waals surface area contributed by atoms with Crippen LogP contribution in [-0.2, 0) is 16.0 Å². The number of rotatable bonds is 5. The summed E-state index contributed by atoms with van der Waals surface area (Å²) in [5, 5.41) is 13.3. The number of hydrogen-bond donors (Lipinski definition) is 2. The standard InChI is InChI=1S/C15H16Cl2N2O3/c1-19-8-10(13(20)15(19)22)14(21)18-6-2-3-9-4-5-11(16)12(17)7-9/h4-5,7,20H,2-3,6,8H2,1H3,(H,18,21). The molecule has 1 aromatic carbocycles. The van der Waals surface area contributed by atoms with E-state index in [0.717, 1.165) is 12.0 Å². The van der Waals surface area contributed by atoms with Gasteiger partial charge >= 0.3 is 0 Å². The van der Waals surface area contributed by atoms with Crippen LogP contribution in [0.15, 0.2) is 29.5 Å². The minimum atomic E-state index is -0.527. The second kappa shape index (κ2) is 7.03. The molecule has 7 heteroatoms. The fourth-order valence-corrected chi connectivity index (χ4v) is 2.49. The van der Waals surface area contributed by atoms with Crippen LogP contribution in [0.1, 0.15) is 12.0 Å². The Morgan fingerprint density at radius 1 is 1.36 bits per heavy atom. The van der Waals surface area contributed by atoms with Gasteiger partial charge in [0.15, 0.2) is 5.76 Å². The van der Waals surface area contributed by atoms with E-state index < -0.39 is 17.6 Å². The quantitative estimate of drug-likeness (QED) is 0.807. The molecular weight excluding hydrogens is 327 g/mol. The molecule has 5 nitrogen and oxygen atoms in total. The third-order valence-electron chi connectivity index (χ3n) is 3.42. The summed E-state index contributed by atoms with van der Waals surface area (Å²) in [6.07, 6.45) is 1.45. The van der Waals surface area contributed by atoms with Crippen LogP contribution in [0.2, 0.25) is 10.0 Å². The van der Waals surface area contributed by atoms with E-state index in [2.05, 4.69) is 5.32 Å². The summed E-state index contributed by atoms with van der Waals surface area (Å²) < 4.78 is 0. The number of halogens is 2. The minimum Gasteiger partial charge on any atom is -0.503 e. The van der Waals surface area contributed by atoms with E-state index in [9.17, 15) is 14.7 Å². The number of carbonyl (C=O) groups excluding carboxylic acids is 2. The van der Waals surface area contributed by atoms with Crippen molar-refractivity contribution >= 4 is 35.0 Å². The fraction of sp³-hybridized carbons (Fsp3) is 0.333. The number of aryl methyl sites for hydroxylation is 1. The molecule has 118 valence electrons. The van der Waals surface area contributed by atoms with Crippen LogP contribution < -0.4 is 5.32 Å². The Labute approximate surface area is 138 Å². The third kappa shape index (κ3) is 3.72. The van der Waals surface area contributed by atoms with Gasteiger partial charge in [0, 0.05) is 13.6 Å². The van der Waals surface area contributed by atoms with Crippen molar-refractivity contribution in [3.8, 4) is 0 Å². The molecule has 1 aliphatic rings. The zero-order valence-corrected chi connectivity index (χ0v) is 13.5. The topological polar surface area (TPSA) is 69.6 Å². The Morgan fingerprint density at radius 3 is 2.68 bits per heavy atom. The molecule has 2 rings (SSSR count). The van der Waals surface area contributed by atoms with Crippen LogP contribution >= 0.6 is 23.2 Å². The summed E-state index contributed by atoms with van der Waals surface area (Å²) in [5.74, 6) is -1.41. The number of likely N-dealkylation sites (N-methyl/N-ethyl adjacent to an activating group) is 1. The highest BCUT2D eigenvalue weighted by molar-refractivity contribution is 6.42. The number of nitrogens with zero attached hydrogens (tertiary/aromatic N) is 1. The largest absolute Gasteiger partial charge is 0.503 e. The predicted octanol–water partition coefficient (Wildman–Crippen LogP) is 2.33. The molecule has 0 aliphatic carbocycles. The molecule has 1 aromatic rings. The molecule has 0 aromatic heterocycles. The highest BCUT2D eigenvalue weighted by atomic mass is 35.5. The lowest BCUT2D eigenvalue weighted by atomic mass is 10.1. The van der Waals surface area contributed by atoms with Crippen LogP contribution in [0.4, 0.5) is 0 Å². The van der Waals surface area contributed by atoms with Gasteiger partial charge in [-0.1, -0.05) is 29.3 Å². The van der Waals surface area contributed by atoms with Crippen LogP contribution in [0.25, 0.3) is 0 Å². The monoisotopic (exact) mass is 342 g/mol. The zero-order chi connectivity index (χ0) is 16.3. The molecule has 0 saturated carbocycles. The molecule has 1 heterocycles. The summed E-state index contributed by atoms with van der Waals surface area (Å²) in [4.78, 5) is 24.6. The van der Waals surface area contributed by atoms with Crippen molar-refractivity contribution in [2.45, 2.75) is 12.8 Å². The van der Waals surface area contributed by atoms with Crippen LogP contribution in [0.5, 0.6) is 0 Å². The lowest BCUT2D eigenvalue weighted by Gasteiger charge is -2.08. The first-order valence-corrected chi connectivity index (χ1v) is 7.55. The number of aliphatic hydroxyl groups excluding tert-OH is 1. The molecule has 0 atom stereocenters. The third-order valence-corrected chi connectivity index (χ3v) is 4.16. The molecule has 0 bridgehead atoms. The Hall–Kier alpha value is -1.72. The number of carbonyl (C=O) groups is 2. The van der Waals surface area contributed by atoms with Crippen molar-refractivity contribution in [3.05, 3.63) is 45.1 Å². The molecule has 0 unspecified atom stereocenters. The highest BCUT2D eigenvalue weighted by Gasteiger charge is 2.31. The summed E-state index contributed by atoms with van der Waals surface area (Å²) in [7, 11) is 1.53. The number of aliphatic hydroxyl groups is 1. The lowest BCUT2D eigenvalue weighted by Crippen LogP contribution is -2.29. The smallest absolute Gasteiger partial charge is 0.289 e. The maximum Gasteiger partial charge on any atom is 0.289 e. The Kier molecular flexibility index (Phi) is 5.32. The first-order valence-electron chi connectivity index (χ1n) is 6.80. The molecule has 2 amide bonds. The van der Waals surface area contributed by atoms with E-state index in [1.807, 2.05) is 6.07 Å². The van der Waals surface area contributed by atoms with Gasteiger partial charge in [0.2, 0.25) is 0 Å². The first-order chi connectivity index (χ1) is 10.4. The van der Waals surface area contributed by atoms with Gasteiger partial charge < -0.3 is 15.3 Å². The number of amides is 2. The average Bonchev–Trinajstić information content (AvgIpc) is 2.74. The summed E-state index contributed by atoms with van der Waals surface area (Å²) >= 11 is 11.8. The van der Waals surface area contributed by atoms with Gasteiger partial charge in [0.1, 0.15) is 0 Å². The van der Waals surface area contributed by atoms with Crippen LogP contribution in [0.3, 0.4) is 0 Å². The normalized spacial score (nSPS) is 14.7. The molecule has 0 fully saturated rings. The second-order valence-corrected chi connectivity index (χ2v) is 5.91. The summed E-state index contributed by atoms with van der Waals surface area (Å²) in [6.45, 7) is 0.567. The van der Waals surface area contributed by atoms with Crippen molar-refractivity contribution in [1.82, 2.24) is 10.2 Å². The van der Waals surface area contributed by atoms with Crippen LogP contribution in [-0.4, -0.2) is 42.0 Å². The molecule has 22 heavy (non-hydrogen) atoms. The van der Waals surface area contributed by atoms with Gasteiger partial charge in [-0.2, -0.15) is 0 Å². The Bertz CT molecular complexity index is 644. The molecule has 2 N–H and O–H groups in total. The molecular formula is C15H16Cl2N2O3. The van der Waals surface area contributed by atoms with Crippen molar-refractivity contribution in [1.29, 1.82) is 0 Å². The average molecular weight is 343 g/mol. The minimum absolute atomic E-state index is 0.113. The number of hydrogen-bond acceptors (Lipinski definition) is 3. The zero-order valence-electron chi connectivity index (χ0n) is 12.0. The molecule has 1 aliphatic heterocycles. The second-order valence-electron chi connectivity index (χ2n) is 5.10. The van der Waals surface area contributed by atoms with Gasteiger partial charge in [0.25, 0.3) is 11.8 Å². The number of benzene rings is 1. The molecule has 0 spiro atoms. The van der Waals surface area contributed by atoms with E-state index in [1.165, 1.54) is 11.9 Å². The Morgan fingerprint density at radius 2 is 2.09 bits per heavy atom. The summed E-state index contributed by atoms with van der Waals surface area (Å²) in [6, 6.07) is 5.42. The Balaban J connectivity index is 1.80. The maximum atomic E-state index is 11.9. The summed E-state index contributed by atoms with van der Waals surface area (Å²) in [5.41, 5.74) is 1.14. The van der Waals surface area contributed by atoms with E-state index in [0.29, 0.717) is 23.0 Å². The van der Waals surface area contributed by atoms with E-state index in [4.69, 9.17) is 23.2 Å². The van der Waals surface area contributed by atoms with Crippen molar-refractivity contribution < 1.29 is 14.7 Å². The van der Waals surface area contributed by atoms with Crippen LogP contribution in [0, 0.1) is 0 Å². The van der Waals surface area contributed by atoms with Crippen molar-refractivity contribution in [2.24, 2.45) is 0 Å². The molecule has 0 saturated heterocycles. The SMILES string of the molecule is CN1CC(C(=O)NCCCc2ccc(Cl)c(Cl)c2)=C(O)C1=O. The van der Waals surface area contributed by atoms with Gasteiger partial charge in [-0.05, 0) is 30.5 Å². The maximum absolute atomic E-state index is 11.9. The van der Waals surface area contributed by atoms with Gasteiger partial charge in [0.05, 0.1) is 22.2 Å². The van der Waals surface area contributed by atoms with Gasteiger partial charge in [-0.3, -0.25) is 9.59 Å². The lowest BCUT2D eigenvalue weighted by molar-refractivity contribution is -0.126. The van der Waals surface area contributed by atoms with E-state index in [-0.39, 0.29) is 12.1 Å². The fourth-order valence-electron chi connectivity index (χ4n) is 2.17. The van der Waals surface area contributed by atoms with Gasteiger partial charge in [-0.15, -0.1) is 0 Å². The van der Waals surface area contributed by atoms with Crippen molar-refractivity contribution in [2.75, 3.05) is 20.1 Å². The van der Waals surface area contributed by atoms with Gasteiger partial charge in [-0.25, -0.2) is 0 Å². The van der Waals surface area contributed by atoms with E-state index in [1.54, 1.807) is 12.1 Å². The van der Waals surface area contributed by atoms with Crippen molar-refractivity contribution in [3.63, 3.8) is 0 Å². The first kappa shape index (κ1) is 16.6. The highest BCUT2D eigenvalue weighted by Crippen LogP contribution is 2.23. The van der Waals surface area contributed by atoms with E-state index >= 15 is 0 Å². The predicted molar refractivity (Wildman–Crippen MR) is 85.1 cm³/mol. The molecule has 0 radical (unpaired) electrons.